The van der Waals surface area contributed by atoms with Gasteiger partial charge in [0.05, 0.1) is 0 Å². The van der Waals surface area contributed by atoms with Crippen LogP contribution in [0.1, 0.15) is 34.1 Å². The molecule has 2 aliphatic rings. The van der Waals surface area contributed by atoms with Crippen molar-refractivity contribution in [1.82, 2.24) is 0 Å². The van der Waals surface area contributed by atoms with E-state index < -0.39 is 0 Å². The third-order valence-electron chi connectivity index (χ3n) is 3.76. The summed E-state index contributed by atoms with van der Waals surface area (Å²) in [4.78, 5) is 0. The first-order valence-electron chi connectivity index (χ1n) is 4.00. The van der Waals surface area contributed by atoms with Gasteiger partial charge in [0.25, 0.3) is 0 Å². The minimum absolute atomic E-state index is 0.594. The Morgan fingerprint density at radius 2 is 1.78 bits per heavy atom. The van der Waals surface area contributed by atoms with Crippen LogP contribution in [0.2, 0.25) is 0 Å². The zero-order valence-electron chi connectivity index (χ0n) is 6.86. The van der Waals surface area contributed by atoms with Gasteiger partial charge in [-0.3, -0.25) is 0 Å². The summed E-state index contributed by atoms with van der Waals surface area (Å²) in [7, 11) is 0. The predicted octanol–water partition coefficient (Wildman–Crippen LogP) is 2.69. The van der Waals surface area contributed by atoms with Crippen LogP contribution in [0, 0.1) is 22.7 Å². The molecule has 0 radical (unpaired) electrons. The van der Waals surface area contributed by atoms with Crippen LogP contribution in [0.15, 0.2) is 0 Å². The summed E-state index contributed by atoms with van der Waals surface area (Å²) in [5.74, 6) is 2.18. The van der Waals surface area contributed by atoms with Crippen LogP contribution < -0.4 is 0 Å². The lowest BCUT2D eigenvalue weighted by atomic mass is 9.81. The van der Waals surface area contributed by atoms with E-state index in [2.05, 4.69) is 27.7 Å². The van der Waals surface area contributed by atoms with E-state index in [1.165, 1.54) is 6.42 Å². The lowest BCUT2D eigenvalue weighted by molar-refractivity contribution is 0.249. The molecule has 3 unspecified atom stereocenters. The number of hydrogen-bond donors (Lipinski definition) is 0. The molecule has 9 heavy (non-hydrogen) atoms. The second-order valence-corrected chi connectivity index (χ2v) is 4.89. The molecule has 0 aromatic rings. The van der Waals surface area contributed by atoms with Gasteiger partial charge in [-0.1, -0.05) is 27.7 Å². The van der Waals surface area contributed by atoms with Gasteiger partial charge < -0.3 is 0 Å². The summed E-state index contributed by atoms with van der Waals surface area (Å²) in [6.45, 7) is 9.56. The largest absolute Gasteiger partial charge is 0.0617 e. The lowest BCUT2D eigenvalue weighted by Crippen LogP contribution is -2.16. The van der Waals surface area contributed by atoms with Gasteiger partial charge in [0.1, 0.15) is 0 Å². The zero-order chi connectivity index (χ0) is 6.86. The molecule has 0 heteroatoms. The van der Waals surface area contributed by atoms with Crippen LogP contribution in [-0.2, 0) is 0 Å². The first-order valence-corrected chi connectivity index (χ1v) is 4.00. The second-order valence-electron chi connectivity index (χ2n) is 4.89. The molecule has 2 fully saturated rings. The fraction of sp³-hybridized carbons (Fsp3) is 1.00. The van der Waals surface area contributed by atoms with Gasteiger partial charge in [0.15, 0.2) is 0 Å². The molecule has 0 saturated heterocycles. The summed E-state index contributed by atoms with van der Waals surface area (Å²) in [6, 6.07) is 0. The van der Waals surface area contributed by atoms with Gasteiger partial charge in [0, 0.05) is 0 Å². The van der Waals surface area contributed by atoms with E-state index >= 15 is 0 Å². The van der Waals surface area contributed by atoms with Gasteiger partial charge in [-0.05, 0) is 29.1 Å². The molecule has 3 atom stereocenters. The van der Waals surface area contributed by atoms with Gasteiger partial charge in [-0.25, -0.2) is 0 Å². The van der Waals surface area contributed by atoms with Crippen LogP contribution >= 0.6 is 0 Å². The van der Waals surface area contributed by atoms with Crippen molar-refractivity contribution in [2.75, 3.05) is 0 Å². The molecule has 0 amide bonds. The highest BCUT2D eigenvalue weighted by Gasteiger charge is 2.80. The highest BCUT2D eigenvalue weighted by molar-refractivity contribution is 5.27. The Labute approximate surface area is 57.6 Å². The minimum atomic E-state index is 0.594. The second kappa shape index (κ2) is 1.09. The molecular formula is C9H16. The number of hydrogen-bond acceptors (Lipinski definition) is 0. The van der Waals surface area contributed by atoms with Crippen molar-refractivity contribution in [3.05, 3.63) is 0 Å². The van der Waals surface area contributed by atoms with Crippen LogP contribution in [0.4, 0.5) is 0 Å². The first-order chi connectivity index (χ1) is 4.00. The quantitative estimate of drug-likeness (QED) is 0.465. The van der Waals surface area contributed by atoms with Crippen molar-refractivity contribution in [2.24, 2.45) is 22.7 Å². The summed E-state index contributed by atoms with van der Waals surface area (Å²) < 4.78 is 0. The van der Waals surface area contributed by atoms with Crippen molar-refractivity contribution in [2.45, 2.75) is 34.1 Å². The standard InChI is InChI=1S/C9H16/c1-6-7-5-9(6,7)8(2,3)4/h6-7H,5H2,1-4H3. The van der Waals surface area contributed by atoms with E-state index in [0.717, 1.165) is 17.3 Å². The Morgan fingerprint density at radius 1 is 1.33 bits per heavy atom. The van der Waals surface area contributed by atoms with Crippen LogP contribution in [0.5, 0.6) is 0 Å². The molecule has 0 heterocycles. The smallest absolute Gasteiger partial charge is 0.0186 e. The topological polar surface area (TPSA) is 0 Å². The Hall–Kier alpha value is 0. The summed E-state index contributed by atoms with van der Waals surface area (Å²) in [5.41, 5.74) is 1.41. The molecule has 0 spiro atoms. The van der Waals surface area contributed by atoms with E-state index in [-0.39, 0.29) is 0 Å². The molecule has 0 nitrogen and oxygen atoms in total. The van der Waals surface area contributed by atoms with Crippen LogP contribution in [0.25, 0.3) is 0 Å². The number of fused-ring (bicyclic) bond motifs is 1. The fourth-order valence-corrected chi connectivity index (χ4v) is 2.78. The van der Waals surface area contributed by atoms with Crippen molar-refractivity contribution >= 4 is 0 Å². The maximum absolute atomic E-state index is 2.40. The molecule has 0 aromatic carbocycles. The Morgan fingerprint density at radius 3 is 1.78 bits per heavy atom. The normalized spacial score (nSPS) is 54.7. The van der Waals surface area contributed by atoms with Gasteiger partial charge in [-0.2, -0.15) is 0 Å². The van der Waals surface area contributed by atoms with E-state index in [4.69, 9.17) is 0 Å². The van der Waals surface area contributed by atoms with Gasteiger partial charge >= 0.3 is 0 Å². The van der Waals surface area contributed by atoms with Crippen molar-refractivity contribution in [3.63, 3.8) is 0 Å². The molecule has 0 aliphatic heterocycles. The monoisotopic (exact) mass is 124 g/mol. The third kappa shape index (κ3) is 0.426. The molecule has 2 aliphatic carbocycles. The Bertz CT molecular complexity index is 146. The molecule has 0 aromatic heterocycles. The maximum atomic E-state index is 2.40. The Balaban J connectivity index is 2.17. The maximum Gasteiger partial charge on any atom is -0.0186 e. The van der Waals surface area contributed by atoms with Gasteiger partial charge in [-0.15, -0.1) is 0 Å². The molecule has 0 bridgehead atoms. The average Bonchev–Trinajstić information content (AvgIpc) is 2.44. The lowest BCUT2D eigenvalue weighted by Gasteiger charge is -2.24. The predicted molar refractivity (Wildman–Crippen MR) is 39.2 cm³/mol. The third-order valence-corrected chi connectivity index (χ3v) is 3.76. The van der Waals surface area contributed by atoms with Crippen molar-refractivity contribution in [3.8, 4) is 0 Å². The molecule has 2 rings (SSSR count). The molecule has 52 valence electrons. The van der Waals surface area contributed by atoms with E-state index in [1.54, 1.807) is 0 Å². The minimum Gasteiger partial charge on any atom is -0.0617 e. The fourth-order valence-electron chi connectivity index (χ4n) is 2.78. The van der Waals surface area contributed by atoms with E-state index in [0.29, 0.717) is 5.41 Å². The van der Waals surface area contributed by atoms with Gasteiger partial charge in [0.2, 0.25) is 0 Å². The summed E-state index contributed by atoms with van der Waals surface area (Å²) in [5, 5.41) is 0. The number of rotatable bonds is 0. The molecule has 2 saturated carbocycles. The average molecular weight is 124 g/mol. The van der Waals surface area contributed by atoms with Crippen LogP contribution in [0.3, 0.4) is 0 Å². The SMILES string of the molecule is CC1C2CC12C(C)(C)C. The van der Waals surface area contributed by atoms with Crippen LogP contribution in [-0.4, -0.2) is 0 Å². The molecular weight excluding hydrogens is 108 g/mol. The zero-order valence-corrected chi connectivity index (χ0v) is 6.86. The highest BCUT2D eigenvalue weighted by Crippen LogP contribution is 2.86. The molecule has 0 N–H and O–H groups in total. The first kappa shape index (κ1) is 5.76. The highest BCUT2D eigenvalue weighted by atomic mass is 14.8. The summed E-state index contributed by atoms with van der Waals surface area (Å²) >= 11 is 0. The van der Waals surface area contributed by atoms with Crippen molar-refractivity contribution in [1.29, 1.82) is 0 Å². The van der Waals surface area contributed by atoms with E-state index in [9.17, 15) is 0 Å². The van der Waals surface area contributed by atoms with E-state index in [1.807, 2.05) is 0 Å². The summed E-state index contributed by atoms with van der Waals surface area (Å²) in [6.07, 6.45) is 1.53. The Kier molecular flexibility index (Phi) is 0.695. The van der Waals surface area contributed by atoms with Crippen molar-refractivity contribution < 1.29 is 0 Å².